The van der Waals surface area contributed by atoms with Crippen molar-refractivity contribution in [3.8, 4) is 5.75 Å². The molecule has 2 nitrogen and oxygen atoms in total. The van der Waals surface area contributed by atoms with Crippen molar-refractivity contribution in [2.75, 3.05) is 0 Å². The van der Waals surface area contributed by atoms with Crippen LogP contribution in [0.25, 0.3) is 0 Å². The Morgan fingerprint density at radius 2 is 2.00 bits per heavy atom. The fraction of sp³-hybridized carbons (Fsp3) is 0.143. The molecule has 0 spiro atoms. The molecule has 0 amide bonds. The molecular weight excluding hydrogens is 176 g/mol. The lowest BCUT2D eigenvalue weighted by atomic mass is 10.2. The first kappa shape index (κ1) is 8.64. The smallest absolute Gasteiger partial charge is 0.200 e. The second-order valence-electron chi connectivity index (χ2n) is 2.12. The Morgan fingerprint density at radius 3 is 2.55 bits per heavy atom. The molecule has 11 heavy (non-hydrogen) atoms. The number of benzene rings is 1. The van der Waals surface area contributed by atoms with E-state index in [1.165, 1.54) is 5.56 Å². The summed E-state index contributed by atoms with van der Waals surface area (Å²) >= 11 is 0. The number of hydrogen-bond donors (Lipinski definition) is 0. The predicted octanol–water partition coefficient (Wildman–Crippen LogP) is 3.21. The first-order valence-electron chi connectivity index (χ1n) is 3.18. The molecule has 1 rings (SSSR count). The number of aryl methyl sites for hydroxylation is 1. The van der Waals surface area contributed by atoms with Crippen LogP contribution in [-0.4, -0.2) is 0 Å². The quantitative estimate of drug-likeness (QED) is 0.662. The van der Waals surface area contributed by atoms with Crippen LogP contribution in [0, 0.1) is 6.92 Å². The van der Waals surface area contributed by atoms with Gasteiger partial charge in [0.1, 0.15) is 5.75 Å². The van der Waals surface area contributed by atoms with Gasteiger partial charge in [0.05, 0.1) is 0 Å². The molecule has 1 atom stereocenters. The highest BCUT2D eigenvalue weighted by Gasteiger charge is 1.89. The Hall–Kier alpha value is -0.450. The van der Waals surface area contributed by atoms with Crippen LogP contribution < -0.4 is 4.52 Å². The average Bonchev–Trinajstić information content (AvgIpc) is 2.04. The zero-order valence-electron chi connectivity index (χ0n) is 6.16. The third-order valence-corrected chi connectivity index (χ3v) is 1.92. The summed E-state index contributed by atoms with van der Waals surface area (Å²) in [4.78, 5) is 0. The van der Waals surface area contributed by atoms with Crippen LogP contribution in [0.1, 0.15) is 5.56 Å². The molecule has 0 saturated carbocycles. The minimum Gasteiger partial charge on any atom is -0.454 e. The molecule has 0 heterocycles. The predicted molar refractivity (Wildman–Crippen MR) is 50.9 cm³/mol. The summed E-state index contributed by atoms with van der Waals surface area (Å²) < 4.78 is 8.89. The van der Waals surface area contributed by atoms with Gasteiger partial charge >= 0.3 is 0 Å². The van der Waals surface area contributed by atoms with Gasteiger partial charge in [-0.1, -0.05) is 17.7 Å². The lowest BCUT2D eigenvalue weighted by Crippen LogP contribution is -1.75. The van der Waals surface area contributed by atoms with Crippen molar-refractivity contribution < 1.29 is 4.52 Å². The molecule has 1 unspecified atom stereocenters. The van der Waals surface area contributed by atoms with Gasteiger partial charge in [0.15, 0.2) is 8.96 Å². The maximum Gasteiger partial charge on any atom is 0.200 e. The molecule has 0 saturated heterocycles. The number of nitrogens with zero attached hydrogens (tertiary/aromatic N) is 1. The number of hydrogen-bond acceptors (Lipinski definition) is 2. The third-order valence-electron chi connectivity index (χ3n) is 1.23. The summed E-state index contributed by atoms with van der Waals surface area (Å²) in [5.41, 5.74) is 1.23. The molecule has 4 heteroatoms. The Morgan fingerprint density at radius 1 is 1.36 bits per heavy atom. The van der Waals surface area contributed by atoms with E-state index in [9.17, 15) is 0 Å². The standard InChI is InChI=1S/C7H9NOP2/c1-6-2-4-7(5-3-6)9-11-8-10/h2-5,10-11H,1H3. The summed E-state index contributed by atoms with van der Waals surface area (Å²) in [5, 5.41) is 0. The molecule has 0 radical (unpaired) electrons. The van der Waals surface area contributed by atoms with Crippen LogP contribution in [0.2, 0.25) is 0 Å². The van der Waals surface area contributed by atoms with Crippen LogP contribution in [0.15, 0.2) is 28.8 Å². The highest BCUT2D eigenvalue weighted by molar-refractivity contribution is 7.36. The summed E-state index contributed by atoms with van der Waals surface area (Å²) in [6.07, 6.45) is 0. The Kier molecular flexibility index (Phi) is 3.48. The van der Waals surface area contributed by atoms with Crippen LogP contribution in [0.3, 0.4) is 0 Å². The maximum absolute atomic E-state index is 5.22. The summed E-state index contributed by atoms with van der Waals surface area (Å²) in [6.45, 7) is 2.04. The molecule has 1 aromatic carbocycles. The largest absolute Gasteiger partial charge is 0.454 e. The van der Waals surface area contributed by atoms with Crippen molar-refractivity contribution in [3.63, 3.8) is 0 Å². The van der Waals surface area contributed by atoms with E-state index in [1.807, 2.05) is 31.2 Å². The van der Waals surface area contributed by atoms with E-state index in [-0.39, 0.29) is 8.96 Å². The minimum atomic E-state index is 0.128. The molecule has 58 valence electrons. The van der Waals surface area contributed by atoms with Crippen molar-refractivity contribution in [1.29, 1.82) is 0 Å². The van der Waals surface area contributed by atoms with Crippen molar-refractivity contribution in [3.05, 3.63) is 29.8 Å². The zero-order valence-corrected chi connectivity index (χ0v) is 8.16. The minimum absolute atomic E-state index is 0.128. The first-order valence-corrected chi connectivity index (χ1v) is 4.48. The van der Waals surface area contributed by atoms with Gasteiger partial charge in [-0.05, 0) is 28.1 Å². The van der Waals surface area contributed by atoms with Crippen LogP contribution in [-0.2, 0) is 0 Å². The highest BCUT2D eigenvalue weighted by atomic mass is 31.1. The maximum atomic E-state index is 5.22. The van der Waals surface area contributed by atoms with Gasteiger partial charge in [0, 0.05) is 0 Å². The zero-order chi connectivity index (χ0) is 8.10. The van der Waals surface area contributed by atoms with E-state index in [4.69, 9.17) is 4.52 Å². The third kappa shape index (κ3) is 2.96. The van der Waals surface area contributed by atoms with Gasteiger partial charge in [-0.2, -0.15) is 0 Å². The van der Waals surface area contributed by atoms with E-state index >= 15 is 0 Å². The summed E-state index contributed by atoms with van der Waals surface area (Å²) in [6, 6.07) is 7.88. The normalized spacial score (nSPS) is 10.3. The molecule has 0 aromatic heterocycles. The topological polar surface area (TPSA) is 21.6 Å². The Bertz CT molecular complexity index is 235. The van der Waals surface area contributed by atoms with E-state index in [1.54, 1.807) is 0 Å². The van der Waals surface area contributed by atoms with Crippen LogP contribution in [0.5, 0.6) is 5.75 Å². The molecule has 0 aliphatic heterocycles. The van der Waals surface area contributed by atoms with Crippen molar-refractivity contribution in [2.45, 2.75) is 6.92 Å². The summed E-state index contributed by atoms with van der Waals surface area (Å²) in [7, 11) is 3.11. The highest BCUT2D eigenvalue weighted by Crippen LogP contribution is 2.22. The lowest BCUT2D eigenvalue weighted by molar-refractivity contribution is 0.632. The monoisotopic (exact) mass is 185 g/mol. The Labute approximate surface area is 70.2 Å². The van der Waals surface area contributed by atoms with Gasteiger partial charge in [0.2, 0.25) is 0 Å². The van der Waals surface area contributed by atoms with Crippen LogP contribution >= 0.6 is 18.0 Å². The van der Waals surface area contributed by atoms with E-state index in [0.29, 0.717) is 0 Å². The number of rotatable bonds is 3. The molecule has 0 bridgehead atoms. The fourth-order valence-corrected chi connectivity index (χ4v) is 1.11. The second-order valence-corrected chi connectivity index (χ2v) is 3.40. The molecular formula is C7H9NOP2. The average molecular weight is 185 g/mol. The van der Waals surface area contributed by atoms with Gasteiger partial charge in [-0.15, -0.1) is 0 Å². The van der Waals surface area contributed by atoms with Crippen LogP contribution in [0.4, 0.5) is 0 Å². The van der Waals surface area contributed by atoms with Gasteiger partial charge in [0.25, 0.3) is 0 Å². The molecule has 0 aliphatic rings. The molecule has 1 aromatic rings. The van der Waals surface area contributed by atoms with Crippen molar-refractivity contribution in [2.24, 2.45) is 4.52 Å². The van der Waals surface area contributed by atoms with Gasteiger partial charge in [-0.25, -0.2) is 4.52 Å². The summed E-state index contributed by atoms with van der Waals surface area (Å²) in [5.74, 6) is 0.857. The fourth-order valence-electron chi connectivity index (χ4n) is 0.682. The Balaban J connectivity index is 2.58. The SMILES string of the molecule is Cc1ccc(OPN=P)cc1. The van der Waals surface area contributed by atoms with E-state index in [0.717, 1.165) is 5.75 Å². The van der Waals surface area contributed by atoms with Crippen molar-refractivity contribution >= 4 is 18.0 Å². The molecule has 0 N–H and O–H groups in total. The van der Waals surface area contributed by atoms with E-state index in [2.05, 4.69) is 13.5 Å². The van der Waals surface area contributed by atoms with Gasteiger partial charge in [-0.3, -0.25) is 0 Å². The van der Waals surface area contributed by atoms with E-state index < -0.39 is 0 Å². The molecule has 0 aliphatic carbocycles. The lowest BCUT2D eigenvalue weighted by Gasteiger charge is -2.00. The first-order chi connectivity index (χ1) is 5.33. The van der Waals surface area contributed by atoms with Gasteiger partial charge < -0.3 is 4.52 Å². The molecule has 0 fully saturated rings. The second kappa shape index (κ2) is 4.43. The van der Waals surface area contributed by atoms with Crippen molar-refractivity contribution in [1.82, 2.24) is 0 Å².